The van der Waals surface area contributed by atoms with E-state index in [2.05, 4.69) is 62.4 Å². The first kappa shape index (κ1) is 15.6. The molecular formula is C24H30N+. The van der Waals surface area contributed by atoms with Crippen LogP contribution in [0.2, 0.25) is 0 Å². The second kappa shape index (κ2) is 5.45. The van der Waals surface area contributed by atoms with Gasteiger partial charge in [0.1, 0.15) is 11.6 Å². The minimum atomic E-state index is 0.133. The zero-order valence-corrected chi connectivity index (χ0v) is 15.7. The SMILES string of the molecule is CCCC[N@@+]1(CC2CC2)[C@@H]2Cc3ccccc3[C@@]1(C)c1ccccc12. The van der Waals surface area contributed by atoms with E-state index in [1.807, 2.05) is 0 Å². The van der Waals surface area contributed by atoms with Gasteiger partial charge in [-0.25, -0.2) is 0 Å². The van der Waals surface area contributed by atoms with Crippen molar-refractivity contribution < 1.29 is 4.48 Å². The smallest absolute Gasteiger partial charge is 0.149 e. The summed E-state index contributed by atoms with van der Waals surface area (Å²) >= 11 is 0. The van der Waals surface area contributed by atoms with Crippen LogP contribution in [-0.2, 0) is 12.0 Å². The molecule has 1 fully saturated rings. The third-order valence-electron chi connectivity index (χ3n) is 7.48. The number of quaternary nitrogens is 1. The highest BCUT2D eigenvalue weighted by atomic mass is 15.5. The molecule has 2 aliphatic heterocycles. The molecule has 0 N–H and O–H groups in total. The molecule has 3 aliphatic rings. The van der Waals surface area contributed by atoms with Gasteiger partial charge in [0.2, 0.25) is 0 Å². The third kappa shape index (κ3) is 1.99. The predicted octanol–water partition coefficient (Wildman–Crippen LogP) is 5.59. The molecule has 2 aromatic rings. The highest BCUT2D eigenvalue weighted by molar-refractivity contribution is 5.51. The maximum absolute atomic E-state index is 2.57. The zero-order valence-electron chi connectivity index (χ0n) is 15.7. The monoisotopic (exact) mass is 332 g/mol. The molecule has 0 radical (unpaired) electrons. The zero-order chi connectivity index (χ0) is 17.1. The molecule has 2 bridgehead atoms. The van der Waals surface area contributed by atoms with Crippen LogP contribution in [0.5, 0.6) is 0 Å². The Bertz CT molecular complexity index is 792. The first-order chi connectivity index (χ1) is 12.2. The van der Waals surface area contributed by atoms with Crippen molar-refractivity contribution in [2.45, 2.75) is 57.5 Å². The number of hydrogen-bond acceptors (Lipinski definition) is 0. The van der Waals surface area contributed by atoms with E-state index in [1.165, 1.54) is 49.7 Å². The van der Waals surface area contributed by atoms with E-state index in [9.17, 15) is 0 Å². The summed E-state index contributed by atoms with van der Waals surface area (Å²) in [5.74, 6) is 0.957. The van der Waals surface area contributed by atoms with Gasteiger partial charge in [-0.1, -0.05) is 61.9 Å². The second-order valence-corrected chi connectivity index (χ2v) is 8.77. The van der Waals surface area contributed by atoms with Gasteiger partial charge in [0, 0.05) is 29.0 Å². The molecule has 1 heteroatoms. The molecular weight excluding hydrogens is 302 g/mol. The van der Waals surface area contributed by atoms with Gasteiger partial charge in [0.15, 0.2) is 0 Å². The van der Waals surface area contributed by atoms with Crippen LogP contribution in [0.3, 0.4) is 0 Å². The summed E-state index contributed by atoms with van der Waals surface area (Å²) in [4.78, 5) is 0. The molecule has 1 saturated carbocycles. The van der Waals surface area contributed by atoms with Crippen molar-refractivity contribution in [3.8, 4) is 0 Å². The Hall–Kier alpha value is -1.60. The highest BCUT2D eigenvalue weighted by Crippen LogP contribution is 2.62. The summed E-state index contributed by atoms with van der Waals surface area (Å²) in [5, 5.41) is 0. The Morgan fingerprint density at radius 2 is 1.72 bits per heavy atom. The number of unbranched alkanes of at least 4 members (excludes halogenated alkanes) is 1. The fourth-order valence-corrected chi connectivity index (χ4v) is 6.08. The van der Waals surface area contributed by atoms with Crippen molar-refractivity contribution in [2.24, 2.45) is 5.92 Å². The molecule has 2 heterocycles. The van der Waals surface area contributed by atoms with Crippen molar-refractivity contribution in [2.75, 3.05) is 13.1 Å². The molecule has 1 aliphatic carbocycles. The van der Waals surface area contributed by atoms with Crippen LogP contribution in [0.4, 0.5) is 0 Å². The summed E-state index contributed by atoms with van der Waals surface area (Å²) in [6.07, 6.45) is 6.76. The minimum absolute atomic E-state index is 0.133. The van der Waals surface area contributed by atoms with Gasteiger partial charge >= 0.3 is 0 Å². The van der Waals surface area contributed by atoms with Crippen LogP contribution in [0.1, 0.15) is 67.8 Å². The van der Waals surface area contributed by atoms with Crippen molar-refractivity contribution in [3.63, 3.8) is 0 Å². The van der Waals surface area contributed by atoms with Crippen molar-refractivity contribution in [1.82, 2.24) is 0 Å². The van der Waals surface area contributed by atoms with Crippen LogP contribution < -0.4 is 0 Å². The van der Waals surface area contributed by atoms with E-state index < -0.39 is 0 Å². The van der Waals surface area contributed by atoms with Gasteiger partial charge in [0.25, 0.3) is 0 Å². The predicted molar refractivity (Wildman–Crippen MR) is 103 cm³/mol. The van der Waals surface area contributed by atoms with Gasteiger partial charge < -0.3 is 4.48 Å². The van der Waals surface area contributed by atoms with E-state index in [4.69, 9.17) is 0 Å². The minimum Gasteiger partial charge on any atom is -0.305 e. The fraction of sp³-hybridized carbons (Fsp3) is 0.500. The topological polar surface area (TPSA) is 0 Å². The largest absolute Gasteiger partial charge is 0.305 e. The van der Waals surface area contributed by atoms with Crippen LogP contribution in [0, 0.1) is 5.92 Å². The van der Waals surface area contributed by atoms with Gasteiger partial charge in [-0.2, -0.15) is 0 Å². The first-order valence-electron chi connectivity index (χ1n) is 10.3. The summed E-state index contributed by atoms with van der Waals surface area (Å²) in [6.45, 7) is 7.63. The normalized spacial score (nSPS) is 32.3. The lowest BCUT2D eigenvalue weighted by Gasteiger charge is -2.55. The Balaban J connectivity index is 1.77. The number of hydrogen-bond donors (Lipinski definition) is 0. The Labute approximate surface area is 152 Å². The molecule has 130 valence electrons. The summed E-state index contributed by atoms with van der Waals surface area (Å²) in [5.41, 5.74) is 6.58. The molecule has 1 nitrogen and oxygen atoms in total. The quantitative estimate of drug-likeness (QED) is 0.626. The lowest BCUT2D eigenvalue weighted by molar-refractivity contribution is -0.999. The van der Waals surface area contributed by atoms with E-state index >= 15 is 0 Å². The van der Waals surface area contributed by atoms with Crippen molar-refractivity contribution >= 4 is 0 Å². The van der Waals surface area contributed by atoms with Crippen LogP contribution in [0.15, 0.2) is 48.5 Å². The summed E-state index contributed by atoms with van der Waals surface area (Å²) in [6, 6.07) is 19.4. The molecule has 0 amide bonds. The maximum atomic E-state index is 2.57. The number of benzene rings is 2. The van der Waals surface area contributed by atoms with E-state index in [0.717, 1.165) is 5.92 Å². The maximum Gasteiger partial charge on any atom is 0.149 e. The number of fused-ring (bicyclic) bond motifs is 7. The number of nitrogens with zero attached hydrogens (tertiary/aromatic N) is 1. The standard InChI is InChI=1S/C24H30N/c1-3-4-15-25(17-18-13-14-18)23-16-19-9-5-7-11-21(19)24(25,2)22-12-8-6-10-20(22)23/h5-12,18,23H,3-4,13-17H2,1-2H3/q+1/t23-,24+,25-/m1/s1. The molecule has 0 spiro atoms. The molecule has 0 saturated heterocycles. The summed E-state index contributed by atoms with van der Waals surface area (Å²) in [7, 11) is 0. The van der Waals surface area contributed by atoms with Gasteiger partial charge in [0.05, 0.1) is 13.1 Å². The van der Waals surface area contributed by atoms with E-state index in [-0.39, 0.29) is 5.54 Å². The molecule has 3 atom stereocenters. The van der Waals surface area contributed by atoms with Crippen molar-refractivity contribution in [3.05, 3.63) is 70.8 Å². The third-order valence-corrected chi connectivity index (χ3v) is 7.48. The molecule has 25 heavy (non-hydrogen) atoms. The molecule has 0 aromatic heterocycles. The van der Waals surface area contributed by atoms with Gasteiger partial charge in [-0.3, -0.25) is 0 Å². The van der Waals surface area contributed by atoms with Crippen LogP contribution in [-0.4, -0.2) is 17.6 Å². The number of rotatable bonds is 5. The Morgan fingerprint density at radius 3 is 2.48 bits per heavy atom. The Kier molecular flexibility index (Phi) is 3.41. The van der Waals surface area contributed by atoms with Gasteiger partial charge in [-0.15, -0.1) is 0 Å². The average Bonchev–Trinajstić information content (AvgIpc) is 3.44. The second-order valence-electron chi connectivity index (χ2n) is 8.77. The van der Waals surface area contributed by atoms with E-state index in [0.29, 0.717) is 6.04 Å². The average molecular weight is 333 g/mol. The van der Waals surface area contributed by atoms with Crippen LogP contribution >= 0.6 is 0 Å². The van der Waals surface area contributed by atoms with Gasteiger partial charge in [-0.05, 0) is 31.7 Å². The molecule has 5 rings (SSSR count). The van der Waals surface area contributed by atoms with E-state index in [1.54, 1.807) is 22.3 Å². The lowest BCUT2D eigenvalue weighted by atomic mass is 9.77. The Morgan fingerprint density at radius 1 is 1.00 bits per heavy atom. The summed E-state index contributed by atoms with van der Waals surface area (Å²) < 4.78 is 1.29. The molecule has 2 aromatic carbocycles. The van der Waals surface area contributed by atoms with Crippen LogP contribution in [0.25, 0.3) is 0 Å². The first-order valence-corrected chi connectivity index (χ1v) is 10.3. The fourth-order valence-electron chi connectivity index (χ4n) is 6.08. The van der Waals surface area contributed by atoms with Crippen molar-refractivity contribution in [1.29, 1.82) is 0 Å². The lowest BCUT2D eigenvalue weighted by Crippen LogP contribution is -2.63. The molecule has 0 unspecified atom stereocenters. The highest BCUT2D eigenvalue weighted by Gasteiger charge is 2.64.